The number of carboxylic acid groups (broad SMARTS) is 1. The first-order chi connectivity index (χ1) is 11.4. The lowest BCUT2D eigenvalue weighted by Gasteiger charge is -2.23. The molecule has 1 aromatic rings. The molecule has 7 heteroatoms. The Balaban J connectivity index is 1.93. The molecule has 2 rings (SSSR count). The third-order valence-corrected chi connectivity index (χ3v) is 4.74. The van der Waals surface area contributed by atoms with E-state index in [9.17, 15) is 14.7 Å². The van der Waals surface area contributed by atoms with Crippen molar-refractivity contribution in [1.82, 2.24) is 10.2 Å². The van der Waals surface area contributed by atoms with Gasteiger partial charge < -0.3 is 20.1 Å². The molecule has 2 amide bonds. The maximum atomic E-state index is 12.3. The number of methoxy groups -OCH3 is 1. The minimum absolute atomic E-state index is 0.00433. The van der Waals surface area contributed by atoms with Gasteiger partial charge in [0, 0.05) is 37.7 Å². The number of aliphatic carboxylic acids is 1. The predicted molar refractivity (Wildman–Crippen MR) is 91.4 cm³/mol. The SMILES string of the molecule is COCC(CNC(=O)N1CCC(C)(C(=O)O)C1)c1ccc(Cl)cc1. The van der Waals surface area contributed by atoms with Crippen molar-refractivity contribution < 1.29 is 19.4 Å². The highest BCUT2D eigenvalue weighted by atomic mass is 35.5. The molecule has 1 aliphatic rings. The van der Waals surface area contributed by atoms with Crippen LogP contribution in [0, 0.1) is 5.41 Å². The van der Waals surface area contributed by atoms with Crippen molar-refractivity contribution in [2.24, 2.45) is 5.41 Å². The predicted octanol–water partition coefficient (Wildman–Crippen LogP) is 2.58. The lowest BCUT2D eigenvalue weighted by molar-refractivity contribution is -0.146. The quantitative estimate of drug-likeness (QED) is 0.823. The Bertz CT molecular complexity index is 593. The molecule has 132 valence electrons. The number of nitrogens with one attached hydrogen (secondary N) is 1. The number of hydrogen-bond donors (Lipinski definition) is 2. The summed E-state index contributed by atoms with van der Waals surface area (Å²) < 4.78 is 5.24. The molecule has 2 atom stereocenters. The number of benzene rings is 1. The first-order valence-electron chi connectivity index (χ1n) is 7.86. The number of carbonyl (C=O) groups is 2. The van der Waals surface area contributed by atoms with Gasteiger partial charge in [0.25, 0.3) is 0 Å². The monoisotopic (exact) mass is 354 g/mol. The lowest BCUT2D eigenvalue weighted by Crippen LogP contribution is -2.42. The van der Waals surface area contributed by atoms with Gasteiger partial charge in [-0.3, -0.25) is 4.79 Å². The highest BCUT2D eigenvalue weighted by Crippen LogP contribution is 2.30. The summed E-state index contributed by atoms with van der Waals surface area (Å²) in [5.41, 5.74) is 0.165. The number of likely N-dealkylation sites (tertiary alicyclic amines) is 1. The van der Waals surface area contributed by atoms with Crippen LogP contribution in [0.4, 0.5) is 4.79 Å². The Kier molecular flexibility index (Phi) is 6.07. The molecular formula is C17H23ClN2O4. The molecule has 0 radical (unpaired) electrons. The maximum absolute atomic E-state index is 12.3. The molecule has 1 aromatic carbocycles. The summed E-state index contributed by atoms with van der Waals surface area (Å²) in [6.45, 7) is 3.22. The molecule has 6 nitrogen and oxygen atoms in total. The van der Waals surface area contributed by atoms with Crippen LogP contribution < -0.4 is 5.32 Å². The fourth-order valence-corrected chi connectivity index (χ4v) is 2.97. The number of carbonyl (C=O) groups excluding carboxylic acids is 1. The van der Waals surface area contributed by atoms with Gasteiger partial charge >= 0.3 is 12.0 Å². The van der Waals surface area contributed by atoms with Gasteiger partial charge in [-0.2, -0.15) is 0 Å². The lowest BCUT2D eigenvalue weighted by atomic mass is 9.90. The van der Waals surface area contributed by atoms with Crippen LogP contribution in [0.1, 0.15) is 24.8 Å². The van der Waals surface area contributed by atoms with Crippen LogP contribution in [0.5, 0.6) is 0 Å². The fourth-order valence-electron chi connectivity index (χ4n) is 2.84. The first kappa shape index (κ1) is 18.5. The number of ether oxygens (including phenoxy) is 1. The molecule has 0 spiro atoms. The van der Waals surface area contributed by atoms with E-state index in [0.29, 0.717) is 31.1 Å². The Morgan fingerprint density at radius 1 is 1.42 bits per heavy atom. The summed E-state index contributed by atoms with van der Waals surface area (Å²) in [7, 11) is 1.61. The van der Waals surface area contributed by atoms with Gasteiger partial charge in [0.2, 0.25) is 0 Å². The van der Waals surface area contributed by atoms with E-state index in [-0.39, 0.29) is 18.5 Å². The van der Waals surface area contributed by atoms with E-state index in [2.05, 4.69) is 5.32 Å². The number of rotatable bonds is 6. The van der Waals surface area contributed by atoms with Crippen LogP contribution >= 0.6 is 11.6 Å². The maximum Gasteiger partial charge on any atom is 0.317 e. The van der Waals surface area contributed by atoms with Crippen molar-refractivity contribution in [3.05, 3.63) is 34.9 Å². The van der Waals surface area contributed by atoms with Gasteiger partial charge in [0.15, 0.2) is 0 Å². The van der Waals surface area contributed by atoms with Crippen molar-refractivity contribution in [3.63, 3.8) is 0 Å². The zero-order valence-electron chi connectivity index (χ0n) is 13.9. The van der Waals surface area contributed by atoms with Crippen molar-refractivity contribution in [2.75, 3.05) is 33.4 Å². The molecule has 0 aromatic heterocycles. The molecule has 2 N–H and O–H groups in total. The fraction of sp³-hybridized carbons (Fsp3) is 0.529. The zero-order valence-corrected chi connectivity index (χ0v) is 14.7. The van der Waals surface area contributed by atoms with Crippen LogP contribution in [0.3, 0.4) is 0 Å². The van der Waals surface area contributed by atoms with E-state index in [1.165, 1.54) is 0 Å². The van der Waals surface area contributed by atoms with Crippen LogP contribution in [-0.2, 0) is 9.53 Å². The van der Waals surface area contributed by atoms with Crippen LogP contribution in [0.2, 0.25) is 5.02 Å². The Morgan fingerprint density at radius 3 is 2.62 bits per heavy atom. The first-order valence-corrected chi connectivity index (χ1v) is 8.24. The standard InChI is InChI=1S/C17H23ClN2O4/c1-17(15(21)22)7-8-20(11-17)16(23)19-9-13(10-24-2)12-3-5-14(18)6-4-12/h3-6,13H,7-11H2,1-2H3,(H,19,23)(H,21,22). The Labute approximate surface area is 146 Å². The summed E-state index contributed by atoms with van der Waals surface area (Å²) in [5, 5.41) is 12.8. The summed E-state index contributed by atoms with van der Waals surface area (Å²) in [6.07, 6.45) is 0.467. The summed E-state index contributed by atoms with van der Waals surface area (Å²) in [4.78, 5) is 25.1. The average molecular weight is 355 g/mol. The number of urea groups is 1. The highest BCUT2D eigenvalue weighted by Gasteiger charge is 2.42. The molecule has 24 heavy (non-hydrogen) atoms. The second-order valence-electron chi connectivity index (χ2n) is 6.43. The number of carboxylic acids is 1. The molecular weight excluding hydrogens is 332 g/mol. The number of nitrogens with zero attached hydrogens (tertiary/aromatic N) is 1. The minimum Gasteiger partial charge on any atom is -0.481 e. The smallest absolute Gasteiger partial charge is 0.317 e. The van der Waals surface area contributed by atoms with Gasteiger partial charge in [0.05, 0.1) is 12.0 Å². The summed E-state index contributed by atoms with van der Waals surface area (Å²) in [5.74, 6) is -0.860. The third-order valence-electron chi connectivity index (χ3n) is 4.49. The molecule has 0 bridgehead atoms. The largest absolute Gasteiger partial charge is 0.481 e. The molecule has 2 unspecified atom stereocenters. The van der Waals surface area contributed by atoms with Gasteiger partial charge in [-0.1, -0.05) is 23.7 Å². The Morgan fingerprint density at radius 2 is 2.08 bits per heavy atom. The minimum atomic E-state index is -0.865. The number of amides is 2. The second-order valence-corrected chi connectivity index (χ2v) is 6.86. The highest BCUT2D eigenvalue weighted by molar-refractivity contribution is 6.30. The summed E-state index contributed by atoms with van der Waals surface area (Å²) >= 11 is 5.90. The Hall–Kier alpha value is -1.79. The van der Waals surface area contributed by atoms with Crippen molar-refractivity contribution in [1.29, 1.82) is 0 Å². The summed E-state index contributed by atoms with van der Waals surface area (Å²) in [6, 6.07) is 7.20. The second kappa shape index (κ2) is 7.85. The van der Waals surface area contributed by atoms with E-state index in [1.807, 2.05) is 12.1 Å². The average Bonchev–Trinajstić information content (AvgIpc) is 2.96. The van der Waals surface area contributed by atoms with E-state index < -0.39 is 11.4 Å². The van der Waals surface area contributed by atoms with E-state index in [4.69, 9.17) is 16.3 Å². The molecule has 0 saturated carbocycles. The van der Waals surface area contributed by atoms with E-state index in [1.54, 1.807) is 31.1 Å². The zero-order chi connectivity index (χ0) is 17.7. The number of halogens is 1. The van der Waals surface area contributed by atoms with Crippen molar-refractivity contribution in [2.45, 2.75) is 19.3 Å². The molecule has 1 saturated heterocycles. The molecule has 1 heterocycles. The van der Waals surface area contributed by atoms with Crippen LogP contribution in [-0.4, -0.2) is 55.4 Å². The van der Waals surface area contributed by atoms with Crippen LogP contribution in [0.15, 0.2) is 24.3 Å². The van der Waals surface area contributed by atoms with Gasteiger partial charge in [-0.15, -0.1) is 0 Å². The van der Waals surface area contributed by atoms with Gasteiger partial charge in [-0.25, -0.2) is 4.79 Å². The van der Waals surface area contributed by atoms with E-state index >= 15 is 0 Å². The van der Waals surface area contributed by atoms with E-state index in [0.717, 1.165) is 5.56 Å². The van der Waals surface area contributed by atoms with Crippen molar-refractivity contribution >= 4 is 23.6 Å². The van der Waals surface area contributed by atoms with Crippen molar-refractivity contribution in [3.8, 4) is 0 Å². The van der Waals surface area contributed by atoms with Gasteiger partial charge in [0.1, 0.15) is 0 Å². The van der Waals surface area contributed by atoms with Gasteiger partial charge in [-0.05, 0) is 31.0 Å². The normalized spacial score (nSPS) is 21.5. The topological polar surface area (TPSA) is 78.9 Å². The molecule has 1 aliphatic heterocycles. The number of hydrogen-bond acceptors (Lipinski definition) is 3. The van der Waals surface area contributed by atoms with Crippen LogP contribution in [0.25, 0.3) is 0 Å². The third kappa shape index (κ3) is 4.39. The molecule has 0 aliphatic carbocycles. The molecule has 1 fully saturated rings.